The quantitative estimate of drug-likeness (QED) is 0.703. The molecule has 0 atom stereocenters. The molecule has 2 aromatic rings. The summed E-state index contributed by atoms with van der Waals surface area (Å²) in [5, 5.41) is 9.68. The summed E-state index contributed by atoms with van der Waals surface area (Å²) in [5.74, 6) is 0. The zero-order valence-electron chi connectivity index (χ0n) is 8.12. The lowest BCUT2D eigenvalue weighted by molar-refractivity contribution is 0.722. The van der Waals surface area contributed by atoms with Crippen molar-refractivity contribution in [3.63, 3.8) is 0 Å². The molecule has 0 aliphatic heterocycles. The van der Waals surface area contributed by atoms with Gasteiger partial charge in [-0.1, -0.05) is 18.2 Å². The summed E-state index contributed by atoms with van der Waals surface area (Å²) in [4.78, 5) is 0. The maximum Gasteiger partial charge on any atom is 0.0640 e. The van der Waals surface area contributed by atoms with Crippen LogP contribution in [-0.2, 0) is 6.54 Å². The summed E-state index contributed by atoms with van der Waals surface area (Å²) in [6.07, 6.45) is 0.549. The highest BCUT2D eigenvalue weighted by atomic mass is 15.0. The van der Waals surface area contributed by atoms with E-state index in [9.17, 15) is 0 Å². The average molecular weight is 183 g/mol. The fourth-order valence-corrected chi connectivity index (χ4v) is 1.71. The minimum absolute atomic E-state index is 0.549. The molecule has 1 radical (unpaired) electrons. The van der Waals surface area contributed by atoms with Crippen molar-refractivity contribution in [1.29, 1.82) is 5.26 Å². The van der Waals surface area contributed by atoms with E-state index in [1.165, 1.54) is 5.52 Å². The molecule has 0 N–H and O–H groups in total. The molecule has 2 nitrogen and oxygen atoms in total. The molecule has 0 amide bonds. The number of benzene rings is 1. The van der Waals surface area contributed by atoms with E-state index >= 15 is 0 Å². The van der Waals surface area contributed by atoms with E-state index in [1.807, 2.05) is 25.1 Å². The van der Waals surface area contributed by atoms with Crippen LogP contribution in [0, 0.1) is 24.3 Å². The van der Waals surface area contributed by atoms with Crippen molar-refractivity contribution in [2.75, 3.05) is 0 Å². The summed E-state index contributed by atoms with van der Waals surface area (Å²) in [6, 6.07) is 13.6. The number of nitrogens with zero attached hydrogens (tertiary/aromatic N) is 2. The zero-order valence-corrected chi connectivity index (χ0v) is 8.12. The van der Waals surface area contributed by atoms with Gasteiger partial charge in [-0.05, 0) is 13.0 Å². The fraction of sp³-hybridized carbons (Fsp3) is 0.250. The molecule has 1 aromatic carbocycles. The van der Waals surface area contributed by atoms with Gasteiger partial charge in [0.1, 0.15) is 0 Å². The Morgan fingerprint density at radius 2 is 2.21 bits per heavy atom. The van der Waals surface area contributed by atoms with Gasteiger partial charge < -0.3 is 4.57 Å². The molecule has 0 saturated heterocycles. The molecule has 0 aliphatic rings. The number of fused-ring (bicyclic) bond motifs is 1. The predicted octanol–water partition coefficient (Wildman–Crippen LogP) is 2.66. The fourth-order valence-electron chi connectivity index (χ4n) is 1.71. The number of hydrogen-bond donors (Lipinski definition) is 0. The van der Waals surface area contributed by atoms with Gasteiger partial charge in [-0.15, -0.1) is 0 Å². The van der Waals surface area contributed by atoms with Crippen molar-refractivity contribution in [1.82, 2.24) is 4.57 Å². The van der Waals surface area contributed by atoms with Crippen LogP contribution in [0.25, 0.3) is 10.9 Å². The molecule has 1 aromatic heterocycles. The summed E-state index contributed by atoms with van der Waals surface area (Å²) in [7, 11) is 0. The highest BCUT2D eigenvalue weighted by Gasteiger charge is 2.03. The van der Waals surface area contributed by atoms with Crippen molar-refractivity contribution >= 4 is 10.9 Å². The predicted molar refractivity (Wildman–Crippen MR) is 55.7 cm³/mol. The van der Waals surface area contributed by atoms with Crippen molar-refractivity contribution in [2.45, 2.75) is 19.9 Å². The molecule has 0 aliphatic carbocycles. The summed E-state index contributed by atoms with van der Waals surface area (Å²) in [5.41, 5.74) is 2.27. The maximum absolute atomic E-state index is 8.55. The monoisotopic (exact) mass is 183 g/mol. The maximum atomic E-state index is 8.55. The van der Waals surface area contributed by atoms with Gasteiger partial charge in [-0.3, -0.25) is 0 Å². The highest BCUT2D eigenvalue weighted by molar-refractivity contribution is 5.80. The van der Waals surface area contributed by atoms with Gasteiger partial charge in [0.2, 0.25) is 0 Å². The molecular weight excluding hydrogens is 172 g/mol. The van der Waals surface area contributed by atoms with E-state index in [2.05, 4.69) is 22.8 Å². The molecule has 1 heterocycles. The molecular formula is C12H11N2. The van der Waals surface area contributed by atoms with Gasteiger partial charge in [0.15, 0.2) is 0 Å². The highest BCUT2D eigenvalue weighted by Crippen LogP contribution is 2.18. The van der Waals surface area contributed by atoms with Gasteiger partial charge in [-0.2, -0.15) is 5.26 Å². The first-order valence-corrected chi connectivity index (χ1v) is 4.67. The Hall–Kier alpha value is -1.75. The molecule has 0 spiro atoms. The average Bonchev–Trinajstić information content (AvgIpc) is 2.51. The summed E-state index contributed by atoms with van der Waals surface area (Å²) < 4.78 is 2.14. The molecule has 2 heteroatoms. The minimum Gasteiger partial charge on any atom is -0.343 e. The SMILES string of the molecule is Cc1[c]c2ccccc2n1CCC#N. The van der Waals surface area contributed by atoms with E-state index in [4.69, 9.17) is 5.26 Å². The van der Waals surface area contributed by atoms with Crippen molar-refractivity contribution in [3.8, 4) is 6.07 Å². The van der Waals surface area contributed by atoms with Crippen molar-refractivity contribution < 1.29 is 0 Å². The third-order valence-corrected chi connectivity index (χ3v) is 2.36. The number of aryl methyl sites for hydroxylation is 2. The number of rotatable bonds is 2. The van der Waals surface area contributed by atoms with E-state index in [1.54, 1.807) is 0 Å². The van der Waals surface area contributed by atoms with Crippen LogP contribution in [0.4, 0.5) is 0 Å². The first-order valence-electron chi connectivity index (χ1n) is 4.67. The third-order valence-electron chi connectivity index (χ3n) is 2.36. The van der Waals surface area contributed by atoms with Crippen LogP contribution in [0.3, 0.4) is 0 Å². The second-order valence-electron chi connectivity index (χ2n) is 3.29. The Labute approximate surface area is 83.4 Å². The number of para-hydroxylation sites is 1. The molecule has 0 saturated carbocycles. The van der Waals surface area contributed by atoms with Crippen LogP contribution < -0.4 is 0 Å². The van der Waals surface area contributed by atoms with Gasteiger partial charge in [-0.25, -0.2) is 0 Å². The number of nitriles is 1. The molecule has 0 fully saturated rings. The smallest absolute Gasteiger partial charge is 0.0640 e. The van der Waals surface area contributed by atoms with Crippen LogP contribution in [0.5, 0.6) is 0 Å². The van der Waals surface area contributed by atoms with Crippen LogP contribution in [0.15, 0.2) is 24.3 Å². The third kappa shape index (κ3) is 1.38. The van der Waals surface area contributed by atoms with Crippen molar-refractivity contribution in [3.05, 3.63) is 36.0 Å². The van der Waals surface area contributed by atoms with Crippen molar-refractivity contribution in [2.24, 2.45) is 0 Å². The number of aromatic nitrogens is 1. The number of hydrogen-bond acceptors (Lipinski definition) is 1. The van der Waals surface area contributed by atoms with E-state index in [0.29, 0.717) is 6.42 Å². The normalized spacial score (nSPS) is 10.3. The van der Waals surface area contributed by atoms with Gasteiger partial charge in [0, 0.05) is 29.2 Å². The lowest BCUT2D eigenvalue weighted by atomic mass is 10.2. The zero-order chi connectivity index (χ0) is 9.97. The second kappa shape index (κ2) is 3.55. The molecule has 0 bridgehead atoms. The minimum atomic E-state index is 0.549. The Morgan fingerprint density at radius 3 is 3.00 bits per heavy atom. The van der Waals surface area contributed by atoms with Gasteiger partial charge in [0.05, 0.1) is 12.5 Å². The Kier molecular flexibility index (Phi) is 2.24. The van der Waals surface area contributed by atoms with Gasteiger partial charge >= 0.3 is 0 Å². The van der Waals surface area contributed by atoms with E-state index in [-0.39, 0.29) is 0 Å². The molecule has 0 unspecified atom stereocenters. The van der Waals surface area contributed by atoms with Gasteiger partial charge in [0.25, 0.3) is 0 Å². The van der Waals surface area contributed by atoms with Crippen LogP contribution in [-0.4, -0.2) is 4.57 Å². The Balaban J connectivity index is 2.52. The molecule has 14 heavy (non-hydrogen) atoms. The molecule has 69 valence electrons. The Bertz CT molecular complexity index is 488. The summed E-state index contributed by atoms with van der Waals surface area (Å²) in [6.45, 7) is 2.78. The standard InChI is InChI=1S/C12H11N2/c1-10-9-11-5-2-3-6-12(11)14(10)8-4-7-13/h2-3,5-6H,4,8H2,1H3. The van der Waals surface area contributed by atoms with Crippen LogP contribution in [0.1, 0.15) is 12.1 Å². The van der Waals surface area contributed by atoms with Crippen LogP contribution in [0.2, 0.25) is 0 Å². The Morgan fingerprint density at radius 1 is 1.43 bits per heavy atom. The van der Waals surface area contributed by atoms with E-state index in [0.717, 1.165) is 17.6 Å². The molecule has 2 rings (SSSR count). The lowest BCUT2D eigenvalue weighted by Crippen LogP contribution is -1.98. The second-order valence-corrected chi connectivity index (χ2v) is 3.29. The first-order chi connectivity index (χ1) is 6.83. The largest absolute Gasteiger partial charge is 0.343 e. The first kappa shape index (κ1) is 8.83. The topological polar surface area (TPSA) is 28.7 Å². The van der Waals surface area contributed by atoms with E-state index < -0.39 is 0 Å². The summed E-state index contributed by atoms with van der Waals surface area (Å²) >= 11 is 0. The van der Waals surface area contributed by atoms with Crippen LogP contribution >= 0.6 is 0 Å². The lowest BCUT2D eigenvalue weighted by Gasteiger charge is -2.04.